The zero-order valence-electron chi connectivity index (χ0n) is 23.9. The molecule has 10 nitrogen and oxygen atoms in total. The van der Waals surface area contributed by atoms with Gasteiger partial charge in [-0.1, -0.05) is 11.3 Å². The first-order valence-corrected chi connectivity index (χ1v) is 16.8. The predicted molar refractivity (Wildman–Crippen MR) is 149 cm³/mol. The third-order valence-corrected chi connectivity index (χ3v) is 11.8. The third kappa shape index (κ3) is 5.37. The van der Waals surface area contributed by atoms with Crippen molar-refractivity contribution in [3.8, 4) is 10.7 Å². The maximum Gasteiger partial charge on any atom is 0.445 e. The number of imidazole rings is 1. The van der Waals surface area contributed by atoms with E-state index in [1.807, 2.05) is 11.8 Å². The summed E-state index contributed by atoms with van der Waals surface area (Å²) in [6, 6.07) is 1.54. The number of anilines is 1. The minimum absolute atomic E-state index is 0.00369. The molecule has 17 heteroatoms. The number of pyridine rings is 1. The summed E-state index contributed by atoms with van der Waals surface area (Å²) in [7, 11) is -4.03. The van der Waals surface area contributed by atoms with Crippen LogP contribution in [0.25, 0.3) is 16.3 Å². The van der Waals surface area contributed by atoms with Crippen molar-refractivity contribution in [3.05, 3.63) is 23.0 Å². The lowest BCUT2D eigenvalue weighted by Gasteiger charge is -2.42. The monoisotopic (exact) mass is 662 g/mol. The van der Waals surface area contributed by atoms with Gasteiger partial charge in [0, 0.05) is 36.2 Å². The van der Waals surface area contributed by atoms with Crippen molar-refractivity contribution in [2.75, 3.05) is 24.6 Å². The van der Waals surface area contributed by atoms with Crippen LogP contribution < -0.4 is 9.62 Å². The summed E-state index contributed by atoms with van der Waals surface area (Å²) in [6.45, 7) is 1.60. The van der Waals surface area contributed by atoms with Crippen molar-refractivity contribution in [2.45, 2.75) is 93.7 Å². The van der Waals surface area contributed by atoms with Crippen molar-refractivity contribution >= 4 is 32.7 Å². The molecule has 1 unspecified atom stereocenters. The van der Waals surface area contributed by atoms with Gasteiger partial charge in [0.25, 0.3) is 0 Å². The van der Waals surface area contributed by atoms with E-state index in [1.54, 1.807) is 6.92 Å². The van der Waals surface area contributed by atoms with Gasteiger partial charge in [0.15, 0.2) is 10.7 Å². The lowest BCUT2D eigenvalue weighted by atomic mass is 9.74. The standard InChI is InChI=1S/C27H31F5N6O4S2/c1-14-20(42-24(28)29)26(13-41-14)7-9-37(10-8-26)17-11-16(44(39,40)36-25(2)5-6-25)12-38-19(18(15-3-4-15)33-21(17)38)22-34-35-23(43-22)27(30,31)32/h11-12,14-15,20,24,36H,3-10,13H2,1-2H3/t14-,20?/m0/s1. The van der Waals surface area contributed by atoms with Crippen molar-refractivity contribution in [1.29, 1.82) is 0 Å². The van der Waals surface area contributed by atoms with Crippen LogP contribution in [0.3, 0.4) is 0 Å². The Balaban J connectivity index is 1.33. The van der Waals surface area contributed by atoms with Crippen molar-refractivity contribution < 1.29 is 39.8 Å². The second-order valence-electron chi connectivity index (χ2n) is 12.6. The Kier molecular flexibility index (Phi) is 7.05. The molecule has 2 aliphatic carbocycles. The average Bonchev–Trinajstić information content (AvgIpc) is 3.79. The number of nitrogens with one attached hydrogen (secondary N) is 1. The van der Waals surface area contributed by atoms with E-state index in [0.29, 0.717) is 72.8 Å². The Morgan fingerprint density at radius 1 is 1.16 bits per heavy atom. The predicted octanol–water partition coefficient (Wildman–Crippen LogP) is 5.19. The molecular weight excluding hydrogens is 631 g/mol. The van der Waals surface area contributed by atoms with E-state index in [4.69, 9.17) is 14.5 Å². The van der Waals surface area contributed by atoms with Crippen molar-refractivity contribution in [2.24, 2.45) is 5.41 Å². The minimum atomic E-state index is -4.68. The molecule has 0 bridgehead atoms. The molecule has 2 aliphatic heterocycles. The average molecular weight is 663 g/mol. The molecule has 2 atom stereocenters. The summed E-state index contributed by atoms with van der Waals surface area (Å²) >= 11 is 0.389. The molecule has 3 aromatic rings. The summed E-state index contributed by atoms with van der Waals surface area (Å²) in [5, 5.41) is 6.12. The Morgan fingerprint density at radius 2 is 1.86 bits per heavy atom. The molecule has 4 aliphatic rings. The quantitative estimate of drug-likeness (QED) is 0.328. The highest BCUT2D eigenvalue weighted by Crippen LogP contribution is 2.49. The fourth-order valence-electron chi connectivity index (χ4n) is 6.41. The molecule has 0 amide bonds. The molecular formula is C27H31F5N6O4S2. The smallest absolute Gasteiger partial charge is 0.375 e. The largest absolute Gasteiger partial charge is 0.445 e. The highest BCUT2D eigenvalue weighted by Gasteiger charge is 2.52. The van der Waals surface area contributed by atoms with E-state index < -0.39 is 51.0 Å². The van der Waals surface area contributed by atoms with Crippen LogP contribution in [0, 0.1) is 5.41 Å². The number of sulfonamides is 1. The maximum absolute atomic E-state index is 13.6. The van der Waals surface area contributed by atoms with Crippen molar-refractivity contribution in [3.63, 3.8) is 0 Å². The molecule has 1 spiro atoms. The zero-order valence-corrected chi connectivity index (χ0v) is 25.5. The normalized spacial score (nSPS) is 25.0. The molecule has 1 N–H and O–H groups in total. The van der Waals surface area contributed by atoms with Crippen LogP contribution in [0.2, 0.25) is 0 Å². The van der Waals surface area contributed by atoms with Gasteiger partial charge in [-0.3, -0.25) is 4.40 Å². The summed E-state index contributed by atoms with van der Waals surface area (Å²) in [4.78, 5) is 6.77. The third-order valence-electron chi connectivity index (χ3n) is 9.24. The van der Waals surface area contributed by atoms with Crippen LogP contribution in [0.5, 0.6) is 0 Å². The van der Waals surface area contributed by atoms with E-state index in [0.717, 1.165) is 12.8 Å². The molecule has 5 heterocycles. The fourth-order valence-corrected chi connectivity index (χ4v) is 8.66. The number of ether oxygens (including phenoxy) is 2. The SMILES string of the molecule is C[C@@H]1OCC2(CCN(c3cc(S(=O)(=O)NC4(C)CC4)cn4c(-c5nnc(C(F)(F)F)s5)c(C5CC5)nc34)CC2)C1OC(F)F. The number of hydrogen-bond donors (Lipinski definition) is 1. The van der Waals surface area contributed by atoms with Gasteiger partial charge in [0.05, 0.1) is 30.2 Å². The van der Waals surface area contributed by atoms with Crippen LogP contribution in [-0.2, 0) is 25.7 Å². The molecule has 0 radical (unpaired) electrons. The van der Waals surface area contributed by atoms with Crippen LogP contribution in [0.15, 0.2) is 17.2 Å². The highest BCUT2D eigenvalue weighted by molar-refractivity contribution is 7.89. The molecule has 0 aromatic carbocycles. The molecule has 240 valence electrons. The van der Waals surface area contributed by atoms with Crippen LogP contribution in [0.1, 0.15) is 69.0 Å². The van der Waals surface area contributed by atoms with Gasteiger partial charge in [-0.15, -0.1) is 10.2 Å². The number of alkyl halides is 5. The summed E-state index contributed by atoms with van der Waals surface area (Å²) in [5.74, 6) is -0.00597. The van der Waals surface area contributed by atoms with Gasteiger partial charge in [0.1, 0.15) is 10.6 Å². The molecule has 7 rings (SSSR count). The van der Waals surface area contributed by atoms with E-state index in [-0.39, 0.29) is 22.4 Å². The first kappa shape index (κ1) is 30.2. The van der Waals surface area contributed by atoms with Crippen LogP contribution >= 0.6 is 11.3 Å². The molecule has 2 saturated carbocycles. The number of aromatic nitrogens is 4. The molecule has 4 fully saturated rings. The van der Waals surface area contributed by atoms with Gasteiger partial charge in [-0.2, -0.15) is 22.0 Å². The highest BCUT2D eigenvalue weighted by atomic mass is 32.2. The molecule has 44 heavy (non-hydrogen) atoms. The van der Waals surface area contributed by atoms with E-state index >= 15 is 0 Å². The number of hydrogen-bond acceptors (Lipinski definition) is 9. The molecule has 2 saturated heterocycles. The first-order valence-electron chi connectivity index (χ1n) is 14.5. The minimum Gasteiger partial charge on any atom is -0.375 e. The number of rotatable bonds is 8. The number of fused-ring (bicyclic) bond motifs is 1. The number of halogens is 5. The van der Waals surface area contributed by atoms with Crippen LogP contribution in [-0.4, -0.2) is 72.1 Å². The van der Waals surface area contributed by atoms with Gasteiger partial charge >= 0.3 is 12.8 Å². The van der Waals surface area contributed by atoms with E-state index in [9.17, 15) is 30.4 Å². The van der Waals surface area contributed by atoms with E-state index in [1.165, 1.54) is 16.7 Å². The Hall–Kier alpha value is -2.47. The van der Waals surface area contributed by atoms with Gasteiger partial charge in [-0.25, -0.2) is 18.1 Å². The lowest BCUT2D eigenvalue weighted by Crippen LogP contribution is -2.48. The summed E-state index contributed by atoms with van der Waals surface area (Å²) in [6.07, 6.45) is -0.747. The van der Waals surface area contributed by atoms with Crippen LogP contribution in [0.4, 0.5) is 27.6 Å². The van der Waals surface area contributed by atoms with Gasteiger partial charge < -0.3 is 14.4 Å². The summed E-state index contributed by atoms with van der Waals surface area (Å²) in [5.41, 5.74) is 0.509. The summed E-state index contributed by atoms with van der Waals surface area (Å²) < 4.78 is 109. The van der Waals surface area contributed by atoms with Gasteiger partial charge in [-0.05, 0) is 58.4 Å². The molecule has 3 aromatic heterocycles. The Bertz CT molecular complexity index is 1690. The fraction of sp³-hybridized carbons (Fsp3) is 0.667. The number of nitrogens with zero attached hydrogens (tertiary/aromatic N) is 5. The Morgan fingerprint density at radius 3 is 2.45 bits per heavy atom. The number of piperidine rings is 1. The zero-order chi connectivity index (χ0) is 31.2. The topological polar surface area (TPSA) is 111 Å². The second-order valence-corrected chi connectivity index (χ2v) is 15.3. The lowest BCUT2D eigenvalue weighted by molar-refractivity contribution is -0.195. The van der Waals surface area contributed by atoms with Gasteiger partial charge in [0.2, 0.25) is 15.0 Å². The maximum atomic E-state index is 13.6. The van der Waals surface area contributed by atoms with E-state index in [2.05, 4.69) is 14.9 Å². The first-order chi connectivity index (χ1) is 20.7. The Labute approximate surface area is 254 Å². The van der Waals surface area contributed by atoms with Crippen molar-refractivity contribution in [1.82, 2.24) is 24.3 Å². The second kappa shape index (κ2) is 10.3.